The first-order valence-corrected chi connectivity index (χ1v) is 8.92. The van der Waals surface area contributed by atoms with Crippen molar-refractivity contribution >= 4 is 33.0 Å². The topological polar surface area (TPSA) is 107 Å². The monoisotopic (exact) mass is 362 g/mol. The standard InChI is InChI=1S/C13H15ClN2O6S/c1-15(10-4-5-23(20,21)8-10)13(17)7-22-12-3-2-9(16(18)19)6-11(12)14/h2-3,6,10H,4-5,7-8H2,1H3/t10-/m1/s1. The SMILES string of the molecule is CN(C(=O)COc1ccc([N+](=O)[O-])cc1Cl)[C@@H]1CCS(=O)(=O)C1. The Balaban J connectivity index is 1.95. The molecule has 2 rings (SSSR count). The summed E-state index contributed by atoms with van der Waals surface area (Å²) in [6.07, 6.45) is 0.406. The molecule has 0 aliphatic carbocycles. The van der Waals surface area contributed by atoms with Crippen molar-refractivity contribution in [3.05, 3.63) is 33.3 Å². The van der Waals surface area contributed by atoms with Gasteiger partial charge in [-0.25, -0.2) is 8.42 Å². The van der Waals surface area contributed by atoms with E-state index in [4.69, 9.17) is 16.3 Å². The lowest BCUT2D eigenvalue weighted by Crippen LogP contribution is -2.40. The van der Waals surface area contributed by atoms with E-state index in [2.05, 4.69) is 0 Å². The van der Waals surface area contributed by atoms with Gasteiger partial charge >= 0.3 is 0 Å². The number of carbonyl (C=O) groups excluding carboxylic acids is 1. The van der Waals surface area contributed by atoms with E-state index < -0.39 is 14.8 Å². The predicted molar refractivity (Wildman–Crippen MR) is 83.4 cm³/mol. The third kappa shape index (κ3) is 4.32. The molecule has 0 aromatic heterocycles. The van der Waals surface area contributed by atoms with Crippen LogP contribution in [0.2, 0.25) is 5.02 Å². The van der Waals surface area contributed by atoms with Gasteiger partial charge in [-0.05, 0) is 12.5 Å². The van der Waals surface area contributed by atoms with Crippen LogP contribution in [0.4, 0.5) is 5.69 Å². The summed E-state index contributed by atoms with van der Waals surface area (Å²) in [5.41, 5.74) is -0.179. The van der Waals surface area contributed by atoms with E-state index in [1.807, 2.05) is 0 Å². The molecule has 0 radical (unpaired) electrons. The Morgan fingerprint density at radius 3 is 2.74 bits per heavy atom. The number of non-ortho nitro benzene ring substituents is 1. The fourth-order valence-electron chi connectivity index (χ4n) is 2.25. The van der Waals surface area contributed by atoms with Crippen molar-refractivity contribution in [1.29, 1.82) is 0 Å². The molecule has 8 nitrogen and oxygen atoms in total. The van der Waals surface area contributed by atoms with Crippen LogP contribution in [0.15, 0.2) is 18.2 Å². The number of benzene rings is 1. The highest BCUT2D eigenvalue weighted by atomic mass is 35.5. The van der Waals surface area contributed by atoms with E-state index in [1.54, 1.807) is 0 Å². The van der Waals surface area contributed by atoms with Gasteiger partial charge < -0.3 is 9.64 Å². The summed E-state index contributed by atoms with van der Waals surface area (Å²) in [6.45, 7) is -0.329. The smallest absolute Gasteiger partial charge is 0.271 e. The Hall–Kier alpha value is -1.87. The van der Waals surface area contributed by atoms with Crippen molar-refractivity contribution in [1.82, 2.24) is 4.90 Å². The fourth-order valence-corrected chi connectivity index (χ4v) is 4.25. The third-order valence-electron chi connectivity index (χ3n) is 3.63. The second kappa shape index (κ2) is 6.71. The molecule has 1 amide bonds. The highest BCUT2D eigenvalue weighted by Crippen LogP contribution is 2.28. The Morgan fingerprint density at radius 2 is 2.22 bits per heavy atom. The first kappa shape index (κ1) is 17.5. The van der Waals surface area contributed by atoms with Crippen molar-refractivity contribution in [2.24, 2.45) is 0 Å². The molecule has 1 heterocycles. The summed E-state index contributed by atoms with van der Waals surface area (Å²) in [7, 11) is -1.56. The van der Waals surface area contributed by atoms with Gasteiger partial charge in [-0.15, -0.1) is 0 Å². The molecular weight excluding hydrogens is 348 g/mol. The minimum Gasteiger partial charge on any atom is -0.482 e. The maximum absolute atomic E-state index is 12.1. The maximum atomic E-state index is 12.1. The molecule has 1 aliphatic heterocycles. The van der Waals surface area contributed by atoms with Crippen molar-refractivity contribution < 1.29 is 22.9 Å². The zero-order chi connectivity index (χ0) is 17.2. The number of nitro benzene ring substituents is 1. The Labute approximate surface area is 138 Å². The van der Waals surface area contributed by atoms with Gasteiger partial charge in [-0.1, -0.05) is 11.6 Å². The van der Waals surface area contributed by atoms with E-state index in [9.17, 15) is 23.3 Å². The van der Waals surface area contributed by atoms with Crippen LogP contribution in [0.5, 0.6) is 5.75 Å². The predicted octanol–water partition coefficient (Wildman–Crippen LogP) is 1.27. The molecule has 10 heteroatoms. The zero-order valence-electron chi connectivity index (χ0n) is 12.3. The van der Waals surface area contributed by atoms with Crippen LogP contribution >= 0.6 is 11.6 Å². The van der Waals surface area contributed by atoms with Crippen LogP contribution < -0.4 is 4.74 Å². The van der Waals surface area contributed by atoms with Crippen LogP contribution in [0.25, 0.3) is 0 Å². The van der Waals surface area contributed by atoms with Gasteiger partial charge in [0, 0.05) is 25.2 Å². The van der Waals surface area contributed by atoms with Gasteiger partial charge in [0.15, 0.2) is 16.4 Å². The van der Waals surface area contributed by atoms with Crippen LogP contribution in [-0.2, 0) is 14.6 Å². The third-order valence-corrected chi connectivity index (χ3v) is 5.67. The molecule has 0 bridgehead atoms. The lowest BCUT2D eigenvalue weighted by molar-refractivity contribution is -0.384. The van der Waals surface area contributed by atoms with Gasteiger partial charge in [-0.2, -0.15) is 0 Å². The van der Waals surface area contributed by atoms with Crippen LogP contribution in [0.3, 0.4) is 0 Å². The molecule has 0 N–H and O–H groups in total. The van der Waals surface area contributed by atoms with Gasteiger partial charge in [0.05, 0.1) is 21.5 Å². The number of sulfone groups is 1. The number of ether oxygens (including phenoxy) is 1. The van der Waals surface area contributed by atoms with Crippen molar-refractivity contribution in [2.45, 2.75) is 12.5 Å². The molecule has 0 unspecified atom stereocenters. The van der Waals surface area contributed by atoms with Crippen LogP contribution in [0.1, 0.15) is 6.42 Å². The molecule has 23 heavy (non-hydrogen) atoms. The Bertz CT molecular complexity index is 736. The van der Waals surface area contributed by atoms with Gasteiger partial charge in [0.1, 0.15) is 5.75 Å². The number of hydrogen-bond donors (Lipinski definition) is 0. The molecule has 1 atom stereocenters. The summed E-state index contributed by atoms with van der Waals surface area (Å²) in [6, 6.07) is 3.31. The largest absolute Gasteiger partial charge is 0.482 e. The van der Waals surface area contributed by atoms with Crippen molar-refractivity contribution in [3.63, 3.8) is 0 Å². The van der Waals surface area contributed by atoms with E-state index in [-0.39, 0.29) is 46.5 Å². The van der Waals surface area contributed by atoms with E-state index in [1.165, 1.54) is 24.1 Å². The van der Waals surface area contributed by atoms with Gasteiger partial charge in [0.25, 0.3) is 11.6 Å². The molecule has 1 saturated heterocycles. The lowest BCUT2D eigenvalue weighted by atomic mass is 10.2. The second-order valence-corrected chi connectivity index (χ2v) is 7.86. The number of hydrogen-bond acceptors (Lipinski definition) is 6. The van der Waals surface area contributed by atoms with Crippen molar-refractivity contribution in [2.75, 3.05) is 25.2 Å². The second-order valence-electron chi connectivity index (χ2n) is 5.22. The average Bonchev–Trinajstić information content (AvgIpc) is 2.84. The summed E-state index contributed by atoms with van der Waals surface area (Å²) >= 11 is 5.87. The molecule has 1 aromatic carbocycles. The molecule has 1 aliphatic rings. The number of amides is 1. The summed E-state index contributed by atoms with van der Waals surface area (Å²) in [5, 5.41) is 10.6. The highest BCUT2D eigenvalue weighted by Gasteiger charge is 2.32. The minimum atomic E-state index is -3.08. The maximum Gasteiger partial charge on any atom is 0.271 e. The number of carbonyl (C=O) groups is 1. The van der Waals surface area contributed by atoms with Gasteiger partial charge in [-0.3, -0.25) is 14.9 Å². The van der Waals surface area contributed by atoms with Crippen LogP contribution in [-0.4, -0.2) is 55.4 Å². The van der Waals surface area contributed by atoms with E-state index in [0.29, 0.717) is 6.42 Å². The lowest BCUT2D eigenvalue weighted by Gasteiger charge is -2.23. The summed E-state index contributed by atoms with van der Waals surface area (Å²) < 4.78 is 28.1. The van der Waals surface area contributed by atoms with Gasteiger partial charge in [0.2, 0.25) is 0 Å². The molecule has 1 aromatic rings. The minimum absolute atomic E-state index is 0.0260. The molecule has 0 saturated carbocycles. The Morgan fingerprint density at radius 1 is 1.52 bits per heavy atom. The summed E-state index contributed by atoms with van der Waals surface area (Å²) in [5.74, 6) is -0.211. The van der Waals surface area contributed by atoms with E-state index in [0.717, 1.165) is 6.07 Å². The number of nitro groups is 1. The highest BCUT2D eigenvalue weighted by molar-refractivity contribution is 7.91. The fraction of sp³-hybridized carbons (Fsp3) is 0.462. The number of halogens is 1. The molecule has 1 fully saturated rings. The van der Waals surface area contributed by atoms with Crippen molar-refractivity contribution in [3.8, 4) is 5.75 Å². The molecule has 0 spiro atoms. The summed E-state index contributed by atoms with van der Waals surface area (Å²) in [4.78, 5) is 23.4. The quantitative estimate of drug-likeness (QED) is 0.576. The normalized spacial score (nSPS) is 19.3. The Kier molecular flexibility index (Phi) is 5.10. The van der Waals surface area contributed by atoms with Crippen LogP contribution in [0, 0.1) is 10.1 Å². The number of likely N-dealkylation sites (N-methyl/N-ethyl adjacent to an activating group) is 1. The molecular formula is C13H15ClN2O6S. The number of rotatable bonds is 5. The number of nitrogens with zero attached hydrogens (tertiary/aromatic N) is 2. The first-order valence-electron chi connectivity index (χ1n) is 6.72. The van der Waals surface area contributed by atoms with E-state index >= 15 is 0 Å². The molecule has 126 valence electrons. The zero-order valence-corrected chi connectivity index (χ0v) is 13.8. The average molecular weight is 363 g/mol. The first-order chi connectivity index (χ1) is 10.7.